The van der Waals surface area contributed by atoms with Crippen molar-refractivity contribution in [2.24, 2.45) is 0 Å². The Hall–Kier alpha value is -2.36. The Morgan fingerprint density at radius 2 is 1.88 bits per heavy atom. The topological polar surface area (TPSA) is 73.7 Å². The number of anilines is 1. The van der Waals surface area contributed by atoms with E-state index >= 15 is 0 Å². The average Bonchev–Trinajstić information content (AvgIpc) is 3.14. The third-order valence-electron chi connectivity index (χ3n) is 6.02. The molecule has 0 atom stereocenters. The van der Waals surface area contributed by atoms with Crippen molar-refractivity contribution < 1.29 is 9.59 Å². The van der Waals surface area contributed by atoms with Gasteiger partial charge in [0.15, 0.2) is 0 Å². The van der Waals surface area contributed by atoms with E-state index in [1.807, 2.05) is 46.8 Å². The van der Waals surface area contributed by atoms with Gasteiger partial charge in [-0.25, -0.2) is 4.68 Å². The second-order valence-electron chi connectivity index (χ2n) is 8.42. The second kappa shape index (κ2) is 10.5. The number of carbonyl (C=O) groups is 2. The Kier molecular flexibility index (Phi) is 7.49. The summed E-state index contributed by atoms with van der Waals surface area (Å²) in [5, 5.41) is 8.71. The van der Waals surface area contributed by atoms with Crippen molar-refractivity contribution in [2.75, 3.05) is 63.5 Å². The van der Waals surface area contributed by atoms with Crippen molar-refractivity contribution in [1.29, 1.82) is 0 Å². The van der Waals surface area contributed by atoms with E-state index in [0.717, 1.165) is 54.8 Å². The van der Waals surface area contributed by atoms with Crippen LogP contribution in [-0.2, 0) is 9.59 Å². The molecule has 2 aliphatic rings. The fraction of sp³-hybridized carbons (Fsp3) is 0.522. The molecule has 1 saturated heterocycles. The first-order chi connectivity index (χ1) is 15.5. The van der Waals surface area contributed by atoms with Gasteiger partial charge in [0.05, 0.1) is 22.8 Å². The van der Waals surface area contributed by atoms with Crippen LogP contribution in [0.3, 0.4) is 0 Å². The number of nitrogens with zero attached hydrogens (tertiary/aromatic N) is 5. The predicted molar refractivity (Wildman–Crippen MR) is 128 cm³/mol. The highest BCUT2D eigenvalue weighted by Crippen LogP contribution is 2.39. The number of carbonyl (C=O) groups excluding carboxylic acids is 2. The van der Waals surface area contributed by atoms with E-state index in [1.54, 1.807) is 0 Å². The van der Waals surface area contributed by atoms with Gasteiger partial charge in [-0.3, -0.25) is 14.5 Å². The van der Waals surface area contributed by atoms with Crippen molar-refractivity contribution in [2.45, 2.75) is 24.8 Å². The molecule has 2 aliphatic heterocycles. The molecule has 9 heteroatoms. The molecule has 0 radical (unpaired) electrons. The molecule has 0 saturated carbocycles. The average molecular weight is 457 g/mol. The maximum atomic E-state index is 12.7. The number of benzene rings is 1. The molecule has 0 bridgehead atoms. The van der Waals surface area contributed by atoms with Crippen LogP contribution in [0.5, 0.6) is 0 Å². The zero-order valence-electron chi connectivity index (χ0n) is 18.9. The number of hydrogen-bond donors (Lipinski definition) is 1. The molecule has 1 aromatic carbocycles. The zero-order valence-corrected chi connectivity index (χ0v) is 19.7. The molecule has 2 amide bonds. The van der Waals surface area contributed by atoms with Crippen molar-refractivity contribution in [3.05, 3.63) is 36.0 Å². The number of hydrogen-bond acceptors (Lipinski definition) is 6. The van der Waals surface area contributed by atoms with Crippen LogP contribution in [0.4, 0.5) is 5.69 Å². The smallest absolute Gasteiger partial charge is 0.237 e. The number of aryl methyl sites for hydroxylation is 1. The number of thioether (sulfide) groups is 1. The van der Waals surface area contributed by atoms with Crippen molar-refractivity contribution in [3.63, 3.8) is 0 Å². The van der Waals surface area contributed by atoms with Gasteiger partial charge in [0.25, 0.3) is 0 Å². The third kappa shape index (κ3) is 5.33. The molecule has 4 rings (SSSR count). The van der Waals surface area contributed by atoms with E-state index < -0.39 is 0 Å². The minimum Gasteiger partial charge on any atom is -0.355 e. The highest BCUT2D eigenvalue weighted by atomic mass is 32.2. The van der Waals surface area contributed by atoms with E-state index in [-0.39, 0.29) is 11.8 Å². The number of likely N-dealkylation sites (N-methyl/N-ethyl adjacent to an activating group) is 1. The standard InChI is InChI=1S/C23H32N6O2S/c1-18-22-23(29(25-18)19-7-4-3-5-8-19)32-17-21(31)28(22)11-6-9-20(30)24-10-12-27-15-13-26(2)14-16-27/h3-5,7-8H,6,9-17H2,1-2H3,(H,24,30). The summed E-state index contributed by atoms with van der Waals surface area (Å²) in [6.07, 6.45) is 1.05. The number of amides is 2. The maximum absolute atomic E-state index is 12.7. The van der Waals surface area contributed by atoms with Crippen LogP contribution in [0.25, 0.3) is 5.69 Å². The summed E-state index contributed by atoms with van der Waals surface area (Å²) >= 11 is 1.53. The van der Waals surface area contributed by atoms with Gasteiger partial charge in [0.1, 0.15) is 5.03 Å². The summed E-state index contributed by atoms with van der Waals surface area (Å²) in [6, 6.07) is 9.97. The Morgan fingerprint density at radius 1 is 1.12 bits per heavy atom. The molecule has 0 aliphatic carbocycles. The molecule has 8 nitrogen and oxygen atoms in total. The first-order valence-corrected chi connectivity index (χ1v) is 12.3. The monoisotopic (exact) mass is 456 g/mol. The highest BCUT2D eigenvalue weighted by molar-refractivity contribution is 8.00. The lowest BCUT2D eigenvalue weighted by atomic mass is 10.2. The van der Waals surface area contributed by atoms with Gasteiger partial charge >= 0.3 is 0 Å². The van der Waals surface area contributed by atoms with Crippen molar-refractivity contribution in [1.82, 2.24) is 24.9 Å². The Bertz CT molecular complexity index is 939. The molecule has 0 unspecified atom stereocenters. The zero-order chi connectivity index (χ0) is 22.5. The molecule has 172 valence electrons. The van der Waals surface area contributed by atoms with E-state index in [4.69, 9.17) is 5.10 Å². The third-order valence-corrected chi connectivity index (χ3v) is 7.05. The minimum absolute atomic E-state index is 0.0508. The molecule has 1 fully saturated rings. The van der Waals surface area contributed by atoms with Crippen LogP contribution in [-0.4, -0.2) is 90.0 Å². The predicted octanol–water partition coefficient (Wildman–Crippen LogP) is 1.76. The second-order valence-corrected chi connectivity index (χ2v) is 9.38. The Balaban J connectivity index is 1.29. The van der Waals surface area contributed by atoms with Gasteiger partial charge in [-0.15, -0.1) is 0 Å². The molecule has 1 aromatic heterocycles. The van der Waals surface area contributed by atoms with E-state index in [9.17, 15) is 9.59 Å². The van der Waals surface area contributed by atoms with Gasteiger partial charge in [-0.05, 0) is 32.5 Å². The Labute approximate surface area is 193 Å². The normalized spacial score (nSPS) is 17.4. The minimum atomic E-state index is 0.0508. The highest BCUT2D eigenvalue weighted by Gasteiger charge is 2.31. The van der Waals surface area contributed by atoms with Crippen molar-refractivity contribution in [3.8, 4) is 5.69 Å². The lowest BCUT2D eigenvalue weighted by molar-refractivity contribution is -0.121. The van der Waals surface area contributed by atoms with Gasteiger partial charge in [0.2, 0.25) is 11.8 Å². The molecule has 0 spiro atoms. The van der Waals surface area contributed by atoms with E-state index in [1.165, 1.54) is 11.8 Å². The number of para-hydroxylation sites is 1. The molecule has 1 N–H and O–H groups in total. The van der Waals surface area contributed by atoms with Gasteiger partial charge in [0, 0.05) is 52.2 Å². The summed E-state index contributed by atoms with van der Waals surface area (Å²) < 4.78 is 1.92. The summed E-state index contributed by atoms with van der Waals surface area (Å²) in [4.78, 5) is 31.5. The van der Waals surface area contributed by atoms with Crippen LogP contribution in [0.1, 0.15) is 18.5 Å². The quantitative estimate of drug-likeness (QED) is 0.653. The van der Waals surface area contributed by atoms with Crippen LogP contribution >= 0.6 is 11.8 Å². The molecule has 3 heterocycles. The maximum Gasteiger partial charge on any atom is 0.237 e. The van der Waals surface area contributed by atoms with Gasteiger partial charge in [-0.2, -0.15) is 5.10 Å². The van der Waals surface area contributed by atoms with Gasteiger partial charge < -0.3 is 15.1 Å². The molecule has 2 aromatic rings. The van der Waals surface area contributed by atoms with Crippen LogP contribution in [0.2, 0.25) is 0 Å². The summed E-state index contributed by atoms with van der Waals surface area (Å²) in [6.45, 7) is 8.31. The van der Waals surface area contributed by atoms with E-state index in [0.29, 0.717) is 31.7 Å². The van der Waals surface area contributed by atoms with Gasteiger partial charge in [-0.1, -0.05) is 30.0 Å². The first kappa shape index (κ1) is 22.8. The van der Waals surface area contributed by atoms with Crippen LogP contribution in [0, 0.1) is 6.92 Å². The lowest BCUT2D eigenvalue weighted by Crippen LogP contribution is -2.46. The van der Waals surface area contributed by atoms with Crippen LogP contribution in [0.15, 0.2) is 35.4 Å². The molecular weight excluding hydrogens is 424 g/mol. The largest absolute Gasteiger partial charge is 0.355 e. The number of rotatable bonds is 8. The molecule has 32 heavy (non-hydrogen) atoms. The summed E-state index contributed by atoms with van der Waals surface area (Å²) in [5.74, 6) is 0.519. The summed E-state index contributed by atoms with van der Waals surface area (Å²) in [7, 11) is 2.14. The fourth-order valence-corrected chi connectivity index (χ4v) is 5.24. The SMILES string of the molecule is Cc1nn(-c2ccccc2)c2c1N(CCCC(=O)NCCN1CCN(C)CC1)C(=O)CS2. The van der Waals surface area contributed by atoms with Crippen molar-refractivity contribution >= 4 is 29.3 Å². The summed E-state index contributed by atoms with van der Waals surface area (Å²) in [5.41, 5.74) is 2.70. The van der Waals surface area contributed by atoms with E-state index in [2.05, 4.69) is 22.2 Å². The Morgan fingerprint density at radius 3 is 2.62 bits per heavy atom. The number of piperazine rings is 1. The number of nitrogens with one attached hydrogen (secondary N) is 1. The fourth-order valence-electron chi connectivity index (χ4n) is 4.16. The number of aromatic nitrogens is 2. The molecular formula is C23H32N6O2S. The van der Waals surface area contributed by atoms with Crippen LogP contribution < -0.4 is 10.2 Å². The number of fused-ring (bicyclic) bond motifs is 1. The lowest BCUT2D eigenvalue weighted by Gasteiger charge is -2.32. The first-order valence-electron chi connectivity index (χ1n) is 11.3.